The first kappa shape index (κ1) is 13.2. The number of nitrogens with one attached hydrogen (secondary N) is 1. The largest absolute Gasteiger partial charge is 0.487 e. The molecule has 0 atom stereocenters. The Kier molecular flexibility index (Phi) is 3.24. The molecule has 4 aromatic rings. The summed E-state index contributed by atoms with van der Waals surface area (Å²) in [5.74, 6) is 0.710. The Labute approximate surface area is 133 Å². The fourth-order valence-corrected chi connectivity index (χ4v) is 2.87. The number of H-pyrrole nitrogens is 1. The van der Waals surface area contributed by atoms with Crippen LogP contribution in [0.3, 0.4) is 0 Å². The molecule has 0 aliphatic carbocycles. The minimum atomic E-state index is 0.500. The number of hydrogen-bond acceptors (Lipinski definition) is 1. The van der Waals surface area contributed by atoms with Gasteiger partial charge in [-0.3, -0.25) is 0 Å². The Balaban J connectivity index is 1.60. The van der Waals surface area contributed by atoms with Crippen LogP contribution >= 0.6 is 11.6 Å². The second kappa shape index (κ2) is 5.39. The SMILES string of the molecule is Clc1cc2[nH]ccc2cc1OCc1ccc2ccccc2c1. The highest BCUT2D eigenvalue weighted by Gasteiger charge is 2.06. The van der Waals surface area contributed by atoms with Gasteiger partial charge in [-0.15, -0.1) is 0 Å². The van der Waals surface area contributed by atoms with Gasteiger partial charge in [0.05, 0.1) is 5.02 Å². The maximum atomic E-state index is 6.28. The van der Waals surface area contributed by atoms with Crippen LogP contribution < -0.4 is 4.74 Å². The summed E-state index contributed by atoms with van der Waals surface area (Å²) < 4.78 is 5.90. The van der Waals surface area contributed by atoms with Crippen molar-refractivity contribution in [3.05, 3.63) is 77.4 Å². The van der Waals surface area contributed by atoms with Crippen LogP contribution in [0.15, 0.2) is 66.9 Å². The molecule has 3 heteroatoms. The van der Waals surface area contributed by atoms with E-state index in [0.717, 1.165) is 16.5 Å². The molecule has 0 spiro atoms. The molecule has 0 bridgehead atoms. The number of halogens is 1. The number of rotatable bonds is 3. The standard InChI is InChI=1S/C19H14ClNO/c20-17-11-18-16(7-8-21-18)10-19(17)22-12-13-5-6-14-3-1-2-4-15(14)9-13/h1-11,21H,12H2. The normalized spacial score (nSPS) is 11.1. The number of hydrogen-bond donors (Lipinski definition) is 1. The van der Waals surface area contributed by atoms with E-state index < -0.39 is 0 Å². The highest BCUT2D eigenvalue weighted by Crippen LogP contribution is 2.30. The van der Waals surface area contributed by atoms with Crippen molar-refractivity contribution in [2.75, 3.05) is 0 Å². The number of benzene rings is 3. The van der Waals surface area contributed by atoms with E-state index in [1.807, 2.05) is 36.5 Å². The van der Waals surface area contributed by atoms with E-state index in [1.165, 1.54) is 10.8 Å². The zero-order valence-corrected chi connectivity index (χ0v) is 12.6. The number of ether oxygens (including phenoxy) is 1. The average Bonchev–Trinajstić information content (AvgIpc) is 2.99. The molecular weight excluding hydrogens is 294 g/mol. The van der Waals surface area contributed by atoms with Gasteiger partial charge in [-0.25, -0.2) is 0 Å². The first-order valence-corrected chi connectivity index (χ1v) is 7.54. The second-order valence-electron chi connectivity index (χ2n) is 5.32. The molecule has 3 aromatic carbocycles. The lowest BCUT2D eigenvalue weighted by atomic mass is 10.1. The maximum absolute atomic E-state index is 6.28. The number of aromatic nitrogens is 1. The lowest BCUT2D eigenvalue weighted by molar-refractivity contribution is 0.307. The molecule has 0 fully saturated rings. The van der Waals surface area contributed by atoms with Gasteiger partial charge in [0.1, 0.15) is 12.4 Å². The summed E-state index contributed by atoms with van der Waals surface area (Å²) in [5, 5.41) is 4.17. The summed E-state index contributed by atoms with van der Waals surface area (Å²) in [6, 6.07) is 20.5. The molecule has 0 saturated heterocycles. The molecule has 4 rings (SSSR count). The van der Waals surface area contributed by atoms with Gasteiger partial charge in [0.2, 0.25) is 0 Å². The van der Waals surface area contributed by atoms with E-state index in [1.54, 1.807) is 0 Å². The summed E-state index contributed by atoms with van der Waals surface area (Å²) in [5.41, 5.74) is 2.15. The smallest absolute Gasteiger partial charge is 0.139 e. The predicted molar refractivity (Wildman–Crippen MR) is 91.6 cm³/mol. The molecule has 0 aliphatic rings. The average molecular weight is 308 g/mol. The lowest BCUT2D eigenvalue weighted by Crippen LogP contribution is -1.96. The van der Waals surface area contributed by atoms with Gasteiger partial charge in [0, 0.05) is 17.1 Å². The third-order valence-corrected chi connectivity index (χ3v) is 4.11. The van der Waals surface area contributed by atoms with Gasteiger partial charge >= 0.3 is 0 Å². The van der Waals surface area contributed by atoms with Crippen molar-refractivity contribution < 1.29 is 4.74 Å². The summed E-state index contributed by atoms with van der Waals surface area (Å²) >= 11 is 6.28. The predicted octanol–water partition coefficient (Wildman–Crippen LogP) is 5.55. The van der Waals surface area contributed by atoms with E-state index in [2.05, 4.69) is 35.3 Å². The van der Waals surface area contributed by atoms with E-state index in [-0.39, 0.29) is 0 Å². The van der Waals surface area contributed by atoms with E-state index in [9.17, 15) is 0 Å². The minimum absolute atomic E-state index is 0.500. The molecule has 22 heavy (non-hydrogen) atoms. The van der Waals surface area contributed by atoms with Crippen LogP contribution in [0.25, 0.3) is 21.7 Å². The second-order valence-corrected chi connectivity index (χ2v) is 5.72. The van der Waals surface area contributed by atoms with Crippen molar-refractivity contribution in [1.82, 2.24) is 4.98 Å². The first-order valence-electron chi connectivity index (χ1n) is 7.17. The van der Waals surface area contributed by atoms with E-state index in [0.29, 0.717) is 17.4 Å². The van der Waals surface area contributed by atoms with Crippen molar-refractivity contribution in [2.45, 2.75) is 6.61 Å². The quantitative estimate of drug-likeness (QED) is 0.527. The van der Waals surface area contributed by atoms with Crippen LogP contribution in [0.4, 0.5) is 0 Å². The van der Waals surface area contributed by atoms with Crippen LogP contribution in [0.1, 0.15) is 5.56 Å². The topological polar surface area (TPSA) is 25.0 Å². The highest BCUT2D eigenvalue weighted by atomic mass is 35.5. The molecule has 1 heterocycles. The van der Waals surface area contributed by atoms with Gasteiger partial charge in [-0.2, -0.15) is 0 Å². The van der Waals surface area contributed by atoms with Gasteiger partial charge in [0.25, 0.3) is 0 Å². The van der Waals surface area contributed by atoms with Crippen LogP contribution in [-0.4, -0.2) is 4.98 Å². The van der Waals surface area contributed by atoms with Crippen molar-refractivity contribution in [3.63, 3.8) is 0 Å². The third-order valence-electron chi connectivity index (χ3n) is 3.81. The lowest BCUT2D eigenvalue weighted by Gasteiger charge is -2.09. The molecule has 1 aromatic heterocycles. The summed E-state index contributed by atoms with van der Waals surface area (Å²) in [6.07, 6.45) is 1.90. The van der Waals surface area contributed by atoms with Crippen molar-refractivity contribution >= 4 is 33.3 Å². The summed E-state index contributed by atoms with van der Waals surface area (Å²) in [4.78, 5) is 3.14. The summed E-state index contributed by atoms with van der Waals surface area (Å²) in [6.45, 7) is 0.500. The molecule has 0 amide bonds. The van der Waals surface area contributed by atoms with Gasteiger partial charge in [-0.05, 0) is 40.6 Å². The van der Waals surface area contributed by atoms with Crippen LogP contribution in [0.5, 0.6) is 5.75 Å². The maximum Gasteiger partial charge on any atom is 0.139 e. The molecule has 1 N–H and O–H groups in total. The molecule has 2 nitrogen and oxygen atoms in total. The van der Waals surface area contributed by atoms with Gasteiger partial charge in [-0.1, -0.05) is 48.0 Å². The Hall–Kier alpha value is -2.45. The Morgan fingerprint density at radius 2 is 1.73 bits per heavy atom. The van der Waals surface area contributed by atoms with Crippen LogP contribution in [-0.2, 0) is 6.61 Å². The van der Waals surface area contributed by atoms with Crippen LogP contribution in [0.2, 0.25) is 5.02 Å². The number of fused-ring (bicyclic) bond motifs is 2. The van der Waals surface area contributed by atoms with E-state index >= 15 is 0 Å². The molecule has 0 saturated carbocycles. The van der Waals surface area contributed by atoms with Crippen molar-refractivity contribution in [2.24, 2.45) is 0 Å². The molecular formula is C19H14ClNO. The highest BCUT2D eigenvalue weighted by molar-refractivity contribution is 6.32. The Bertz CT molecular complexity index is 958. The Morgan fingerprint density at radius 3 is 2.64 bits per heavy atom. The van der Waals surface area contributed by atoms with Gasteiger partial charge < -0.3 is 9.72 Å². The molecule has 0 radical (unpaired) electrons. The monoisotopic (exact) mass is 307 g/mol. The van der Waals surface area contributed by atoms with E-state index in [4.69, 9.17) is 16.3 Å². The zero-order valence-electron chi connectivity index (χ0n) is 11.8. The first-order chi connectivity index (χ1) is 10.8. The minimum Gasteiger partial charge on any atom is -0.487 e. The zero-order chi connectivity index (χ0) is 14.9. The molecule has 0 aliphatic heterocycles. The van der Waals surface area contributed by atoms with Crippen molar-refractivity contribution in [1.29, 1.82) is 0 Å². The van der Waals surface area contributed by atoms with Gasteiger partial charge in [0.15, 0.2) is 0 Å². The van der Waals surface area contributed by atoms with Crippen LogP contribution in [0, 0.1) is 0 Å². The fraction of sp³-hybridized carbons (Fsp3) is 0.0526. The number of aromatic amines is 1. The molecule has 0 unspecified atom stereocenters. The summed E-state index contributed by atoms with van der Waals surface area (Å²) in [7, 11) is 0. The Morgan fingerprint density at radius 1 is 0.864 bits per heavy atom. The third kappa shape index (κ3) is 2.42. The van der Waals surface area contributed by atoms with Crippen molar-refractivity contribution in [3.8, 4) is 5.75 Å². The molecule has 108 valence electrons. The fourth-order valence-electron chi connectivity index (χ4n) is 2.65.